The smallest absolute Gasteiger partial charge is 0.254 e. The van der Waals surface area contributed by atoms with Crippen LogP contribution in [0, 0.1) is 17.6 Å². The fourth-order valence-electron chi connectivity index (χ4n) is 3.85. The zero-order chi connectivity index (χ0) is 22.3. The van der Waals surface area contributed by atoms with E-state index in [0.29, 0.717) is 18.0 Å². The van der Waals surface area contributed by atoms with Crippen molar-refractivity contribution in [2.45, 2.75) is 12.8 Å². The van der Waals surface area contributed by atoms with E-state index in [-0.39, 0.29) is 11.6 Å². The molecule has 3 aromatic rings. The van der Waals surface area contributed by atoms with Crippen LogP contribution in [0.15, 0.2) is 67.0 Å². The molecule has 0 atom stereocenters. The topological polar surface area (TPSA) is 50.2 Å². The molecule has 0 bridgehead atoms. The van der Waals surface area contributed by atoms with Crippen LogP contribution in [0.3, 0.4) is 0 Å². The molecule has 0 unspecified atom stereocenters. The van der Waals surface area contributed by atoms with Gasteiger partial charge < -0.3 is 5.32 Å². The summed E-state index contributed by atoms with van der Waals surface area (Å²) in [6.45, 7) is 3.53. The lowest BCUT2D eigenvalue weighted by Crippen LogP contribution is -2.38. The molecular formula is C25H26F2N4O. The van der Waals surface area contributed by atoms with Gasteiger partial charge in [-0.2, -0.15) is 5.10 Å². The van der Waals surface area contributed by atoms with Gasteiger partial charge in [0.05, 0.1) is 11.8 Å². The Balaban J connectivity index is 1.22. The highest BCUT2D eigenvalue weighted by atomic mass is 19.1. The summed E-state index contributed by atoms with van der Waals surface area (Å²) >= 11 is 0. The molecule has 1 N–H and O–H groups in total. The number of aromatic nitrogens is 2. The first kappa shape index (κ1) is 21.9. The van der Waals surface area contributed by atoms with E-state index in [2.05, 4.69) is 39.6 Å². The van der Waals surface area contributed by atoms with Gasteiger partial charge in [-0.25, -0.2) is 13.5 Å². The number of hydrogen-bond donors (Lipinski definition) is 1. The minimum absolute atomic E-state index is 0.0964. The maximum Gasteiger partial charge on any atom is 0.254 e. The molecule has 7 heteroatoms. The van der Waals surface area contributed by atoms with Crippen LogP contribution in [0.1, 0.15) is 28.8 Å². The van der Waals surface area contributed by atoms with Gasteiger partial charge in [0.2, 0.25) is 0 Å². The average Bonchev–Trinajstić information content (AvgIpc) is 3.29. The fourth-order valence-corrected chi connectivity index (χ4v) is 3.85. The molecule has 1 aliphatic heterocycles. The SMILES string of the molecule is O=C(NCC1CCN(CC=Cc2ccccc2)CC1)c1cnn(-c2ccc(F)cc2F)c1. The number of carbonyl (C=O) groups is 1. The number of amides is 1. The van der Waals surface area contributed by atoms with Crippen LogP contribution < -0.4 is 5.32 Å². The van der Waals surface area contributed by atoms with Crippen LogP contribution in [0.5, 0.6) is 0 Å². The van der Waals surface area contributed by atoms with E-state index in [1.165, 1.54) is 28.7 Å². The zero-order valence-corrected chi connectivity index (χ0v) is 17.8. The van der Waals surface area contributed by atoms with Gasteiger partial charge in [0.1, 0.15) is 11.5 Å². The average molecular weight is 437 g/mol. The summed E-state index contributed by atoms with van der Waals surface area (Å²) in [5.41, 5.74) is 1.65. The highest BCUT2D eigenvalue weighted by Gasteiger charge is 2.20. The van der Waals surface area contributed by atoms with Crippen LogP contribution in [0.2, 0.25) is 0 Å². The van der Waals surface area contributed by atoms with E-state index < -0.39 is 11.6 Å². The van der Waals surface area contributed by atoms with Crippen LogP contribution in [-0.4, -0.2) is 46.8 Å². The van der Waals surface area contributed by atoms with Gasteiger partial charge in [0.25, 0.3) is 5.91 Å². The van der Waals surface area contributed by atoms with E-state index in [9.17, 15) is 13.6 Å². The lowest BCUT2D eigenvalue weighted by atomic mass is 9.96. The molecule has 1 amide bonds. The molecule has 166 valence electrons. The van der Waals surface area contributed by atoms with Crippen molar-refractivity contribution in [3.8, 4) is 5.69 Å². The largest absolute Gasteiger partial charge is 0.352 e. The predicted molar refractivity (Wildman–Crippen MR) is 120 cm³/mol. The highest BCUT2D eigenvalue weighted by molar-refractivity contribution is 5.93. The maximum absolute atomic E-state index is 13.9. The molecule has 0 saturated carbocycles. The van der Waals surface area contributed by atoms with Crippen molar-refractivity contribution in [3.63, 3.8) is 0 Å². The van der Waals surface area contributed by atoms with Gasteiger partial charge in [-0.3, -0.25) is 9.69 Å². The van der Waals surface area contributed by atoms with Crippen molar-refractivity contribution in [1.29, 1.82) is 0 Å². The Hall–Kier alpha value is -3.32. The van der Waals surface area contributed by atoms with E-state index in [1.54, 1.807) is 0 Å². The number of halogens is 2. The Morgan fingerprint density at radius 2 is 1.91 bits per heavy atom. The quantitative estimate of drug-likeness (QED) is 0.601. The van der Waals surface area contributed by atoms with Gasteiger partial charge in [0.15, 0.2) is 5.82 Å². The van der Waals surface area contributed by atoms with E-state index in [1.807, 2.05) is 18.2 Å². The van der Waals surface area contributed by atoms with Gasteiger partial charge >= 0.3 is 0 Å². The standard InChI is InChI=1S/C25H26F2N4O/c26-22-8-9-24(23(27)15-22)31-18-21(17-29-31)25(32)28-16-20-10-13-30(14-11-20)12-4-7-19-5-2-1-3-6-19/h1-9,15,17-18,20H,10-14,16H2,(H,28,32). The fraction of sp³-hybridized carbons (Fsp3) is 0.280. The van der Waals surface area contributed by atoms with Gasteiger partial charge in [-0.1, -0.05) is 42.5 Å². The van der Waals surface area contributed by atoms with Crippen molar-refractivity contribution in [3.05, 3.63) is 89.8 Å². The Kier molecular flexibility index (Phi) is 7.07. The zero-order valence-electron chi connectivity index (χ0n) is 17.8. The Labute approximate surface area is 186 Å². The van der Waals surface area contributed by atoms with Crippen LogP contribution >= 0.6 is 0 Å². The van der Waals surface area contributed by atoms with Crippen LogP contribution in [0.25, 0.3) is 11.8 Å². The molecule has 2 aromatic carbocycles. The van der Waals surface area contributed by atoms with Crippen molar-refractivity contribution in [1.82, 2.24) is 20.0 Å². The summed E-state index contributed by atoms with van der Waals surface area (Å²) in [6.07, 6.45) is 9.23. The van der Waals surface area contributed by atoms with Gasteiger partial charge in [-0.05, 0) is 49.5 Å². The summed E-state index contributed by atoms with van der Waals surface area (Å²) < 4.78 is 28.3. The number of nitrogens with one attached hydrogen (secondary N) is 1. The molecule has 0 radical (unpaired) electrons. The molecule has 1 saturated heterocycles. The molecule has 1 fully saturated rings. The predicted octanol–water partition coefficient (Wildman–Crippen LogP) is 4.31. The molecule has 5 nitrogen and oxygen atoms in total. The molecule has 0 aliphatic carbocycles. The van der Waals surface area contributed by atoms with E-state index in [0.717, 1.165) is 44.6 Å². The number of piperidine rings is 1. The first-order valence-corrected chi connectivity index (χ1v) is 10.8. The summed E-state index contributed by atoms with van der Waals surface area (Å²) in [6, 6.07) is 13.5. The molecule has 4 rings (SSSR count). The summed E-state index contributed by atoms with van der Waals surface area (Å²) in [7, 11) is 0. The second-order valence-electron chi connectivity index (χ2n) is 8.04. The Morgan fingerprint density at radius 3 is 2.66 bits per heavy atom. The number of nitrogens with zero attached hydrogens (tertiary/aromatic N) is 3. The highest BCUT2D eigenvalue weighted by Crippen LogP contribution is 2.17. The third-order valence-corrected chi connectivity index (χ3v) is 5.73. The van der Waals surface area contributed by atoms with Crippen molar-refractivity contribution in [2.75, 3.05) is 26.2 Å². The maximum atomic E-state index is 13.9. The molecule has 0 spiro atoms. The lowest BCUT2D eigenvalue weighted by molar-refractivity contribution is 0.0937. The molecule has 1 aliphatic rings. The normalized spacial score (nSPS) is 15.3. The lowest BCUT2D eigenvalue weighted by Gasteiger charge is -2.31. The molecular weight excluding hydrogens is 410 g/mol. The third kappa shape index (κ3) is 5.68. The van der Waals surface area contributed by atoms with E-state index >= 15 is 0 Å². The first-order valence-electron chi connectivity index (χ1n) is 10.8. The third-order valence-electron chi connectivity index (χ3n) is 5.73. The second kappa shape index (κ2) is 10.3. The molecule has 32 heavy (non-hydrogen) atoms. The van der Waals surface area contributed by atoms with Gasteiger partial charge in [-0.15, -0.1) is 0 Å². The second-order valence-corrected chi connectivity index (χ2v) is 8.04. The monoisotopic (exact) mass is 436 g/mol. The van der Waals surface area contributed by atoms with Crippen LogP contribution in [-0.2, 0) is 0 Å². The van der Waals surface area contributed by atoms with Gasteiger partial charge in [0, 0.05) is 25.4 Å². The van der Waals surface area contributed by atoms with Crippen molar-refractivity contribution < 1.29 is 13.6 Å². The number of benzene rings is 2. The van der Waals surface area contributed by atoms with E-state index in [4.69, 9.17) is 0 Å². The minimum Gasteiger partial charge on any atom is -0.352 e. The number of rotatable bonds is 7. The minimum atomic E-state index is -0.731. The number of likely N-dealkylation sites (tertiary alicyclic amines) is 1. The first-order chi connectivity index (χ1) is 15.6. The molecule has 1 aromatic heterocycles. The van der Waals surface area contributed by atoms with Crippen LogP contribution in [0.4, 0.5) is 8.78 Å². The molecule has 2 heterocycles. The Bertz CT molecular complexity index is 1070. The number of hydrogen-bond acceptors (Lipinski definition) is 3. The van der Waals surface area contributed by atoms with Crippen molar-refractivity contribution >= 4 is 12.0 Å². The summed E-state index contributed by atoms with van der Waals surface area (Å²) in [5, 5.41) is 6.99. The number of carbonyl (C=O) groups excluding carboxylic acids is 1. The Morgan fingerprint density at radius 1 is 1.12 bits per heavy atom. The summed E-state index contributed by atoms with van der Waals surface area (Å²) in [5.74, 6) is -1.20. The van der Waals surface area contributed by atoms with Crippen molar-refractivity contribution in [2.24, 2.45) is 5.92 Å². The summed E-state index contributed by atoms with van der Waals surface area (Å²) in [4.78, 5) is 14.9.